The number of aryl methyl sites for hydroxylation is 2. The van der Waals surface area contributed by atoms with Crippen LogP contribution < -0.4 is 10.5 Å². The first-order valence-electron chi connectivity index (χ1n) is 10.3. The van der Waals surface area contributed by atoms with Crippen LogP contribution in [-0.2, 0) is 24.2 Å². The lowest BCUT2D eigenvalue weighted by Crippen LogP contribution is -3.13. The zero-order valence-electron chi connectivity index (χ0n) is 15.8. The van der Waals surface area contributed by atoms with E-state index in [2.05, 4.69) is 11.9 Å². The lowest BCUT2D eigenvalue weighted by Gasteiger charge is -2.32. The summed E-state index contributed by atoms with van der Waals surface area (Å²) < 4.78 is 0. The molecule has 0 spiro atoms. The molecule has 5 rings (SSSR count). The van der Waals surface area contributed by atoms with Gasteiger partial charge in [-0.3, -0.25) is 9.59 Å². The summed E-state index contributed by atoms with van der Waals surface area (Å²) in [4.78, 5) is 38.6. The summed E-state index contributed by atoms with van der Waals surface area (Å²) >= 11 is 1.71. The van der Waals surface area contributed by atoms with Gasteiger partial charge < -0.3 is 14.8 Å². The van der Waals surface area contributed by atoms with Crippen molar-refractivity contribution >= 4 is 27.5 Å². The van der Waals surface area contributed by atoms with Gasteiger partial charge in [0.1, 0.15) is 11.4 Å². The number of piperazine rings is 1. The van der Waals surface area contributed by atoms with Gasteiger partial charge in [-0.25, -0.2) is 4.98 Å². The van der Waals surface area contributed by atoms with Gasteiger partial charge in [-0.2, -0.15) is 0 Å². The first kappa shape index (κ1) is 17.4. The van der Waals surface area contributed by atoms with Gasteiger partial charge in [0.15, 0.2) is 5.82 Å². The van der Waals surface area contributed by atoms with E-state index >= 15 is 0 Å². The molecule has 1 amide bonds. The second-order valence-corrected chi connectivity index (χ2v) is 9.56. The molecule has 3 heterocycles. The monoisotopic (exact) mass is 387 g/mol. The van der Waals surface area contributed by atoms with Crippen molar-refractivity contribution in [2.75, 3.05) is 26.2 Å². The molecule has 6 nitrogen and oxygen atoms in total. The van der Waals surface area contributed by atoms with Crippen LogP contribution >= 0.6 is 11.3 Å². The molecule has 144 valence electrons. The quantitative estimate of drug-likeness (QED) is 0.816. The van der Waals surface area contributed by atoms with Crippen LogP contribution in [0.5, 0.6) is 0 Å². The zero-order chi connectivity index (χ0) is 18.5. The van der Waals surface area contributed by atoms with Gasteiger partial charge in [0.25, 0.3) is 5.56 Å². The number of nitrogens with zero attached hydrogens (tertiary/aromatic N) is 2. The summed E-state index contributed by atoms with van der Waals surface area (Å²) in [6.45, 7) is 6.37. The van der Waals surface area contributed by atoms with Gasteiger partial charge in [0.05, 0.1) is 31.6 Å². The number of amides is 1. The van der Waals surface area contributed by atoms with Crippen LogP contribution in [0.25, 0.3) is 10.2 Å². The number of nitrogens with one attached hydrogen (secondary N) is 2. The second kappa shape index (κ2) is 6.71. The topological polar surface area (TPSA) is 70.5 Å². The largest absolute Gasteiger partial charge is 0.331 e. The molecule has 2 N–H and O–H groups in total. The molecule has 2 aliphatic carbocycles. The van der Waals surface area contributed by atoms with E-state index in [1.54, 1.807) is 11.3 Å². The number of quaternary nitrogens is 1. The average molecular weight is 388 g/mol. The standard InChI is InChI=1S/C20H26N4O2S/c1-12-10-14(12)20(26)24-8-6-23(7-9-24)11-16-21-18(25)17-13-4-2-3-5-15(13)27-19(17)22-16/h12,14H,2-11H2,1H3,(H,21,22,25)/p+1/t12-,14+/m1/s1. The predicted molar refractivity (Wildman–Crippen MR) is 105 cm³/mol. The van der Waals surface area contributed by atoms with Crippen LogP contribution in [0.3, 0.4) is 0 Å². The Hall–Kier alpha value is -1.73. The molecule has 3 aliphatic rings. The summed E-state index contributed by atoms with van der Waals surface area (Å²) in [6.07, 6.45) is 5.55. The Morgan fingerprint density at radius 3 is 2.78 bits per heavy atom. The van der Waals surface area contributed by atoms with Gasteiger partial charge in [0, 0.05) is 10.8 Å². The first-order valence-corrected chi connectivity index (χ1v) is 11.1. The smallest absolute Gasteiger partial charge is 0.260 e. The van der Waals surface area contributed by atoms with Crippen molar-refractivity contribution in [3.05, 3.63) is 26.6 Å². The molecule has 27 heavy (non-hydrogen) atoms. The summed E-state index contributed by atoms with van der Waals surface area (Å²) in [5, 5.41) is 0.836. The molecule has 0 radical (unpaired) electrons. The fraction of sp³-hybridized carbons (Fsp3) is 0.650. The van der Waals surface area contributed by atoms with Crippen LogP contribution in [0, 0.1) is 11.8 Å². The number of aromatic amines is 1. The van der Waals surface area contributed by atoms with Gasteiger partial charge in [0.2, 0.25) is 5.91 Å². The van der Waals surface area contributed by atoms with Crippen molar-refractivity contribution in [2.24, 2.45) is 11.8 Å². The number of H-pyrrole nitrogens is 1. The highest BCUT2D eigenvalue weighted by atomic mass is 32.1. The Balaban J connectivity index is 1.28. The Morgan fingerprint density at radius 1 is 1.30 bits per heavy atom. The SMILES string of the molecule is C[C@@H]1C[C@@H]1C(=O)N1CC[NH+](Cc2nc3sc4c(c3c(=O)[nH]2)CCCC4)CC1. The number of carbonyl (C=O) groups excluding carboxylic acids is 1. The summed E-state index contributed by atoms with van der Waals surface area (Å²) in [5.41, 5.74) is 1.28. The highest BCUT2D eigenvalue weighted by molar-refractivity contribution is 7.18. The van der Waals surface area contributed by atoms with Crippen molar-refractivity contribution < 1.29 is 9.69 Å². The molecule has 0 unspecified atom stereocenters. The number of carbonyl (C=O) groups is 1. The highest BCUT2D eigenvalue weighted by Gasteiger charge is 2.42. The predicted octanol–water partition coefficient (Wildman–Crippen LogP) is 0.747. The Bertz CT molecular complexity index is 941. The van der Waals surface area contributed by atoms with Gasteiger partial charge in [-0.1, -0.05) is 6.92 Å². The molecule has 1 aliphatic heterocycles. The summed E-state index contributed by atoms with van der Waals surface area (Å²) in [7, 11) is 0. The van der Waals surface area contributed by atoms with Crippen molar-refractivity contribution in [3.8, 4) is 0 Å². The maximum absolute atomic E-state index is 12.7. The molecule has 2 aromatic rings. The minimum atomic E-state index is 0.0327. The second-order valence-electron chi connectivity index (χ2n) is 8.48. The van der Waals surface area contributed by atoms with Crippen molar-refractivity contribution in [1.82, 2.24) is 14.9 Å². The summed E-state index contributed by atoms with van der Waals surface area (Å²) in [5.74, 6) is 1.98. The Kier molecular flexibility index (Phi) is 4.31. The molecule has 2 atom stereocenters. The molecule has 0 aromatic carbocycles. The first-order chi connectivity index (χ1) is 13.1. The normalized spacial score (nSPS) is 25.6. The Morgan fingerprint density at radius 2 is 2.04 bits per heavy atom. The number of aromatic nitrogens is 2. The van der Waals surface area contributed by atoms with Crippen LogP contribution in [0.1, 0.15) is 42.5 Å². The molecule has 2 aromatic heterocycles. The van der Waals surface area contributed by atoms with Crippen LogP contribution in [0.15, 0.2) is 4.79 Å². The third kappa shape index (κ3) is 3.21. The molecule has 7 heteroatoms. The van der Waals surface area contributed by atoms with Gasteiger partial charge in [-0.05, 0) is 43.6 Å². The number of hydrogen-bond donors (Lipinski definition) is 2. The van der Waals surface area contributed by atoms with E-state index in [9.17, 15) is 9.59 Å². The van der Waals surface area contributed by atoms with E-state index in [1.165, 1.54) is 28.2 Å². The van der Waals surface area contributed by atoms with Crippen LogP contribution in [0.2, 0.25) is 0 Å². The molecule has 1 saturated heterocycles. The fourth-order valence-electron chi connectivity index (χ4n) is 4.65. The third-order valence-electron chi connectivity index (χ3n) is 6.50. The minimum absolute atomic E-state index is 0.0327. The average Bonchev–Trinajstić information content (AvgIpc) is 3.27. The van der Waals surface area contributed by atoms with E-state index in [4.69, 9.17) is 4.98 Å². The molecule has 2 fully saturated rings. The lowest BCUT2D eigenvalue weighted by molar-refractivity contribution is -0.918. The van der Waals surface area contributed by atoms with E-state index in [-0.39, 0.29) is 11.5 Å². The molecule has 1 saturated carbocycles. The van der Waals surface area contributed by atoms with Gasteiger partial charge >= 0.3 is 0 Å². The van der Waals surface area contributed by atoms with E-state index < -0.39 is 0 Å². The maximum Gasteiger partial charge on any atom is 0.260 e. The van der Waals surface area contributed by atoms with Crippen LogP contribution in [0.4, 0.5) is 0 Å². The van der Waals surface area contributed by atoms with E-state index in [0.717, 1.165) is 68.0 Å². The number of hydrogen-bond acceptors (Lipinski definition) is 4. The maximum atomic E-state index is 12.7. The Labute approximate surface area is 162 Å². The number of fused-ring (bicyclic) bond motifs is 3. The third-order valence-corrected chi connectivity index (χ3v) is 7.69. The highest BCUT2D eigenvalue weighted by Crippen LogP contribution is 2.39. The fourth-order valence-corrected chi connectivity index (χ4v) is 5.93. The molecular formula is C20H27N4O2S+. The number of thiophene rings is 1. The summed E-state index contributed by atoms with van der Waals surface area (Å²) in [6, 6.07) is 0. The number of rotatable bonds is 3. The van der Waals surface area contributed by atoms with E-state index in [0.29, 0.717) is 11.8 Å². The van der Waals surface area contributed by atoms with Gasteiger partial charge in [-0.15, -0.1) is 11.3 Å². The van der Waals surface area contributed by atoms with Crippen LogP contribution in [-0.4, -0.2) is 47.0 Å². The van der Waals surface area contributed by atoms with E-state index in [1.807, 2.05) is 4.90 Å². The zero-order valence-corrected chi connectivity index (χ0v) is 16.7. The minimum Gasteiger partial charge on any atom is -0.331 e. The molecule has 0 bridgehead atoms. The van der Waals surface area contributed by atoms with Crippen molar-refractivity contribution in [3.63, 3.8) is 0 Å². The lowest BCUT2D eigenvalue weighted by atomic mass is 9.97. The molecular weight excluding hydrogens is 360 g/mol. The van der Waals surface area contributed by atoms with Crippen molar-refractivity contribution in [1.29, 1.82) is 0 Å². The van der Waals surface area contributed by atoms with Crippen molar-refractivity contribution in [2.45, 2.75) is 45.6 Å².